The van der Waals surface area contributed by atoms with E-state index in [0.29, 0.717) is 28.6 Å². The van der Waals surface area contributed by atoms with Gasteiger partial charge in [-0.05, 0) is 55.0 Å². The number of hydrogen-bond acceptors (Lipinski definition) is 3. The van der Waals surface area contributed by atoms with Crippen LogP contribution in [0.2, 0.25) is 5.02 Å². The van der Waals surface area contributed by atoms with Gasteiger partial charge in [0.15, 0.2) is 0 Å². The smallest absolute Gasteiger partial charge is 0.315 e. The molecule has 0 fully saturated rings. The Morgan fingerprint density at radius 3 is 2.25 bits per heavy atom. The molecule has 0 radical (unpaired) electrons. The predicted octanol–water partition coefficient (Wildman–Crippen LogP) is 7.48. The zero-order valence-corrected chi connectivity index (χ0v) is 22.3. The molecule has 40 heavy (non-hydrogen) atoms. The van der Waals surface area contributed by atoms with Gasteiger partial charge in [-0.1, -0.05) is 55.3 Å². The first-order valence-corrected chi connectivity index (χ1v) is 13.0. The Hall–Kier alpha value is -4.31. The molecule has 7 nitrogen and oxygen atoms in total. The number of aromatic nitrogens is 2. The summed E-state index contributed by atoms with van der Waals surface area (Å²) in [6.45, 7) is 1.95. The van der Waals surface area contributed by atoms with Crippen molar-refractivity contribution in [2.24, 2.45) is 0 Å². The lowest BCUT2D eigenvalue weighted by molar-refractivity contribution is -0.137. The SMILES string of the molecule is CCCCN(CC(=O)Nc1cc(-c2ccccc2)nn1-c1ccc(Cl)cc1)C(=O)Nc1ccc(C(F)(F)F)cc1. The van der Waals surface area contributed by atoms with Gasteiger partial charge in [0.1, 0.15) is 12.4 Å². The molecule has 0 spiro atoms. The van der Waals surface area contributed by atoms with Crippen LogP contribution in [-0.4, -0.2) is 39.7 Å². The summed E-state index contributed by atoms with van der Waals surface area (Å²) in [7, 11) is 0. The van der Waals surface area contributed by atoms with E-state index in [4.69, 9.17) is 11.6 Å². The van der Waals surface area contributed by atoms with Crippen molar-refractivity contribution in [2.75, 3.05) is 23.7 Å². The summed E-state index contributed by atoms with van der Waals surface area (Å²) in [5, 5.41) is 10.6. The Bertz CT molecular complexity index is 1440. The lowest BCUT2D eigenvalue weighted by Gasteiger charge is -2.22. The first-order valence-electron chi connectivity index (χ1n) is 12.6. The van der Waals surface area contributed by atoms with E-state index in [0.717, 1.165) is 24.1 Å². The molecule has 0 atom stereocenters. The van der Waals surface area contributed by atoms with Crippen LogP contribution >= 0.6 is 11.6 Å². The van der Waals surface area contributed by atoms with Gasteiger partial charge in [0, 0.05) is 28.9 Å². The van der Waals surface area contributed by atoms with Gasteiger partial charge in [0.2, 0.25) is 5.91 Å². The lowest BCUT2D eigenvalue weighted by Crippen LogP contribution is -2.41. The number of rotatable bonds is 9. The van der Waals surface area contributed by atoms with Gasteiger partial charge in [-0.3, -0.25) is 4.79 Å². The summed E-state index contributed by atoms with van der Waals surface area (Å²) in [4.78, 5) is 27.5. The average molecular weight is 570 g/mol. The van der Waals surface area contributed by atoms with Crippen LogP contribution in [0, 0.1) is 0 Å². The van der Waals surface area contributed by atoms with Crippen molar-refractivity contribution in [1.29, 1.82) is 0 Å². The van der Waals surface area contributed by atoms with E-state index < -0.39 is 23.7 Å². The van der Waals surface area contributed by atoms with Gasteiger partial charge >= 0.3 is 12.2 Å². The second-order valence-electron chi connectivity index (χ2n) is 9.00. The van der Waals surface area contributed by atoms with E-state index in [-0.39, 0.29) is 18.8 Å². The maximum Gasteiger partial charge on any atom is 0.416 e. The number of urea groups is 1. The minimum atomic E-state index is -4.48. The number of benzene rings is 3. The van der Waals surface area contributed by atoms with E-state index in [1.165, 1.54) is 17.0 Å². The highest BCUT2D eigenvalue weighted by molar-refractivity contribution is 6.30. The normalized spacial score (nSPS) is 11.2. The highest BCUT2D eigenvalue weighted by Crippen LogP contribution is 2.30. The van der Waals surface area contributed by atoms with Gasteiger partial charge in [0.05, 0.1) is 16.9 Å². The Morgan fingerprint density at radius 2 is 1.62 bits per heavy atom. The molecule has 3 aromatic carbocycles. The van der Waals surface area contributed by atoms with Crippen LogP contribution in [0.15, 0.2) is 84.9 Å². The van der Waals surface area contributed by atoms with Gasteiger partial charge < -0.3 is 15.5 Å². The number of anilines is 2. The van der Waals surface area contributed by atoms with Gasteiger partial charge in [-0.2, -0.15) is 18.3 Å². The number of nitrogens with one attached hydrogen (secondary N) is 2. The number of amides is 3. The molecule has 0 aliphatic heterocycles. The Labute approximate surface area is 234 Å². The van der Waals surface area contributed by atoms with Crippen molar-refractivity contribution >= 4 is 35.0 Å². The van der Waals surface area contributed by atoms with E-state index in [1.54, 1.807) is 35.0 Å². The third-order valence-electron chi connectivity index (χ3n) is 5.98. The number of unbranched alkanes of at least 4 members (excludes halogenated alkanes) is 1. The molecule has 3 amide bonds. The van der Waals surface area contributed by atoms with Gasteiger partial charge in [0.25, 0.3) is 0 Å². The third-order valence-corrected chi connectivity index (χ3v) is 6.24. The van der Waals surface area contributed by atoms with E-state index >= 15 is 0 Å². The van der Waals surface area contributed by atoms with Crippen molar-refractivity contribution in [3.05, 3.63) is 95.5 Å². The topological polar surface area (TPSA) is 79.3 Å². The van der Waals surface area contributed by atoms with Crippen molar-refractivity contribution in [3.63, 3.8) is 0 Å². The quantitative estimate of drug-likeness (QED) is 0.219. The van der Waals surface area contributed by atoms with Crippen molar-refractivity contribution in [1.82, 2.24) is 14.7 Å². The second-order valence-corrected chi connectivity index (χ2v) is 9.43. The molecular formula is C29H27ClF3N5O2. The van der Waals surface area contributed by atoms with Crippen LogP contribution < -0.4 is 10.6 Å². The molecule has 208 valence electrons. The monoisotopic (exact) mass is 569 g/mol. The predicted molar refractivity (Wildman–Crippen MR) is 150 cm³/mol. The number of halogens is 4. The van der Waals surface area contributed by atoms with Crippen LogP contribution in [-0.2, 0) is 11.0 Å². The molecule has 1 aromatic heterocycles. The first kappa shape index (κ1) is 28.7. The molecule has 0 unspecified atom stereocenters. The Balaban J connectivity index is 1.52. The fourth-order valence-corrected chi connectivity index (χ4v) is 4.03. The maximum atomic E-state index is 13.2. The molecule has 2 N–H and O–H groups in total. The van der Waals surface area contributed by atoms with Gasteiger partial charge in [-0.15, -0.1) is 0 Å². The zero-order chi connectivity index (χ0) is 28.7. The Morgan fingerprint density at radius 1 is 0.950 bits per heavy atom. The molecule has 0 saturated heterocycles. The summed E-state index contributed by atoms with van der Waals surface area (Å²) in [5.41, 5.74) is 1.53. The maximum absolute atomic E-state index is 13.2. The van der Waals surface area contributed by atoms with Gasteiger partial charge in [-0.25, -0.2) is 9.48 Å². The summed E-state index contributed by atoms with van der Waals surface area (Å²) < 4.78 is 40.2. The highest BCUT2D eigenvalue weighted by atomic mass is 35.5. The summed E-state index contributed by atoms with van der Waals surface area (Å²) in [5.74, 6) is -0.0711. The lowest BCUT2D eigenvalue weighted by atomic mass is 10.1. The molecule has 0 aliphatic rings. The van der Waals surface area contributed by atoms with E-state index in [9.17, 15) is 22.8 Å². The summed E-state index contributed by atoms with van der Waals surface area (Å²) >= 11 is 6.05. The van der Waals surface area contributed by atoms with Crippen molar-refractivity contribution in [2.45, 2.75) is 25.9 Å². The first-order chi connectivity index (χ1) is 19.1. The minimum Gasteiger partial charge on any atom is -0.315 e. The number of nitrogens with zero attached hydrogens (tertiary/aromatic N) is 3. The largest absolute Gasteiger partial charge is 0.416 e. The molecule has 0 bridgehead atoms. The summed E-state index contributed by atoms with van der Waals surface area (Å²) in [6.07, 6.45) is -3.07. The number of carbonyl (C=O) groups excluding carboxylic acids is 2. The molecule has 1 heterocycles. The minimum absolute atomic E-state index is 0.188. The van der Waals surface area contributed by atoms with Crippen LogP contribution in [0.5, 0.6) is 0 Å². The standard InChI is InChI=1S/C29H27ClF3N5O2/c1-2-3-17-37(28(40)34-23-13-9-21(10-14-23)29(31,32)33)19-27(39)35-26-18-25(20-7-5-4-6-8-20)36-38(26)24-15-11-22(30)12-16-24/h4-16,18H,2-3,17,19H2,1H3,(H,34,40)(H,35,39). The molecule has 0 aliphatic carbocycles. The average Bonchev–Trinajstić information content (AvgIpc) is 3.35. The van der Waals surface area contributed by atoms with E-state index in [2.05, 4.69) is 15.7 Å². The number of carbonyl (C=O) groups is 2. The number of hydrogen-bond donors (Lipinski definition) is 2. The highest BCUT2D eigenvalue weighted by Gasteiger charge is 2.30. The fourth-order valence-electron chi connectivity index (χ4n) is 3.90. The van der Waals surface area contributed by atoms with Crippen LogP contribution in [0.3, 0.4) is 0 Å². The fraction of sp³-hybridized carbons (Fsp3) is 0.207. The third kappa shape index (κ3) is 7.41. The molecule has 4 aromatic rings. The van der Waals surface area contributed by atoms with Crippen LogP contribution in [0.4, 0.5) is 29.5 Å². The van der Waals surface area contributed by atoms with E-state index in [1.807, 2.05) is 37.3 Å². The van der Waals surface area contributed by atoms with Crippen LogP contribution in [0.25, 0.3) is 16.9 Å². The second kappa shape index (κ2) is 12.7. The van der Waals surface area contributed by atoms with Crippen molar-refractivity contribution in [3.8, 4) is 16.9 Å². The van der Waals surface area contributed by atoms with Crippen LogP contribution in [0.1, 0.15) is 25.3 Å². The molecule has 0 saturated carbocycles. The number of alkyl halides is 3. The Kier molecular flexibility index (Phi) is 9.11. The van der Waals surface area contributed by atoms with Crippen molar-refractivity contribution < 1.29 is 22.8 Å². The zero-order valence-electron chi connectivity index (χ0n) is 21.6. The molecular weight excluding hydrogens is 543 g/mol. The molecule has 4 rings (SSSR count). The molecule has 11 heteroatoms. The summed E-state index contributed by atoms with van der Waals surface area (Å²) in [6, 6.07) is 21.7.